The Labute approximate surface area is 147 Å². The Bertz CT molecular complexity index is 634. The van der Waals surface area contributed by atoms with Crippen LogP contribution in [0.3, 0.4) is 0 Å². The zero-order valence-electron chi connectivity index (χ0n) is 14.5. The number of amides is 2. The number of unbranched alkanes of at least 4 members (excludes halogenated alkanes) is 1. The van der Waals surface area contributed by atoms with Crippen LogP contribution >= 0.6 is 0 Å². The van der Waals surface area contributed by atoms with Crippen molar-refractivity contribution in [1.29, 1.82) is 0 Å². The number of fused-ring (bicyclic) bond motifs is 1. The van der Waals surface area contributed by atoms with Gasteiger partial charge in [0, 0.05) is 19.7 Å². The second-order valence-corrected chi connectivity index (χ2v) is 6.16. The summed E-state index contributed by atoms with van der Waals surface area (Å²) in [5, 5.41) is 3.05. The Morgan fingerprint density at radius 2 is 1.88 bits per heavy atom. The van der Waals surface area contributed by atoms with E-state index in [2.05, 4.69) is 6.92 Å². The minimum Gasteiger partial charge on any atom is -0.454 e. The quantitative estimate of drug-likeness (QED) is 0.702. The smallest absolute Gasteiger partial charge is 0.267 e. The van der Waals surface area contributed by atoms with E-state index in [1.54, 1.807) is 6.07 Å². The maximum Gasteiger partial charge on any atom is 0.267 e. The lowest BCUT2D eigenvalue weighted by molar-refractivity contribution is -0.160. The summed E-state index contributed by atoms with van der Waals surface area (Å²) in [6.07, 6.45) is 2.96. The van der Waals surface area contributed by atoms with Crippen molar-refractivity contribution in [1.82, 2.24) is 10.0 Å². The van der Waals surface area contributed by atoms with E-state index in [9.17, 15) is 9.59 Å². The Morgan fingerprint density at radius 3 is 2.68 bits per heavy atom. The first-order chi connectivity index (χ1) is 12.2. The molecule has 1 fully saturated rings. The minimum atomic E-state index is -0.160. The van der Waals surface area contributed by atoms with Crippen molar-refractivity contribution >= 4 is 11.8 Å². The number of rotatable bonds is 7. The molecule has 1 saturated heterocycles. The molecule has 136 valence electrons. The normalized spacial score (nSPS) is 15.7. The Balaban J connectivity index is 1.56. The highest BCUT2D eigenvalue weighted by Gasteiger charge is 2.30. The summed E-state index contributed by atoms with van der Waals surface area (Å²) in [6, 6.07) is 5.47. The van der Waals surface area contributed by atoms with Gasteiger partial charge in [0.15, 0.2) is 11.5 Å². The summed E-state index contributed by atoms with van der Waals surface area (Å²) < 4.78 is 16.0. The van der Waals surface area contributed by atoms with E-state index in [0.717, 1.165) is 24.8 Å². The molecule has 7 nitrogen and oxygen atoms in total. The molecule has 0 bridgehead atoms. The molecule has 3 rings (SSSR count). The topological polar surface area (TPSA) is 68.3 Å². The maximum absolute atomic E-state index is 12.6. The number of benzene rings is 1. The number of carbonyl (C=O) groups excluding carboxylic acids is 2. The third-order valence-electron chi connectivity index (χ3n) is 4.27. The molecule has 0 aliphatic carbocycles. The van der Waals surface area contributed by atoms with Crippen LogP contribution in [-0.4, -0.2) is 54.9 Å². The summed E-state index contributed by atoms with van der Waals surface area (Å²) in [6.45, 7) is 3.99. The molecule has 2 amide bonds. The van der Waals surface area contributed by atoms with Gasteiger partial charge in [0.25, 0.3) is 5.91 Å². The van der Waals surface area contributed by atoms with Crippen molar-refractivity contribution in [2.45, 2.75) is 32.6 Å². The zero-order valence-corrected chi connectivity index (χ0v) is 14.5. The summed E-state index contributed by atoms with van der Waals surface area (Å²) in [4.78, 5) is 24.9. The van der Waals surface area contributed by atoms with Crippen LogP contribution in [0.4, 0.5) is 0 Å². The molecule has 0 atom stereocenters. The lowest BCUT2D eigenvalue weighted by atomic mass is 10.1. The zero-order chi connectivity index (χ0) is 17.6. The fourth-order valence-corrected chi connectivity index (χ4v) is 2.93. The number of hydrogen-bond donors (Lipinski definition) is 0. The molecule has 2 aliphatic heterocycles. The van der Waals surface area contributed by atoms with Gasteiger partial charge in [0.05, 0.1) is 6.42 Å². The van der Waals surface area contributed by atoms with Crippen molar-refractivity contribution in [3.63, 3.8) is 0 Å². The largest absolute Gasteiger partial charge is 0.454 e. The number of ether oxygens (including phenoxy) is 3. The van der Waals surface area contributed by atoms with Crippen molar-refractivity contribution in [2.75, 3.05) is 33.1 Å². The predicted octanol–water partition coefficient (Wildman–Crippen LogP) is 1.75. The minimum absolute atomic E-state index is 0.0216. The standard InChI is InChI=1S/C18H24N2O5/c1-2-3-9-23-12-18(22)20-8-4-7-19(20)17(21)11-14-5-6-15-16(10-14)25-13-24-15/h5-6,10H,2-4,7-9,11-13H2,1H3. The van der Waals surface area contributed by atoms with Crippen molar-refractivity contribution in [2.24, 2.45) is 0 Å². The summed E-state index contributed by atoms with van der Waals surface area (Å²) in [7, 11) is 0. The van der Waals surface area contributed by atoms with Crippen LogP contribution in [0.15, 0.2) is 18.2 Å². The summed E-state index contributed by atoms with van der Waals surface area (Å²) in [5.41, 5.74) is 0.841. The van der Waals surface area contributed by atoms with E-state index < -0.39 is 0 Å². The molecule has 0 spiro atoms. The van der Waals surface area contributed by atoms with Gasteiger partial charge >= 0.3 is 0 Å². The van der Waals surface area contributed by atoms with Crippen LogP contribution in [0.2, 0.25) is 0 Å². The number of nitrogens with zero attached hydrogens (tertiary/aromatic N) is 2. The SMILES string of the molecule is CCCCOCC(=O)N1CCCN1C(=O)Cc1ccc2c(c1)OCO2. The van der Waals surface area contributed by atoms with E-state index in [1.165, 1.54) is 10.0 Å². The van der Waals surface area contributed by atoms with Gasteiger partial charge < -0.3 is 14.2 Å². The average Bonchev–Trinajstić information content (AvgIpc) is 3.27. The Kier molecular flexibility index (Phi) is 5.75. The first-order valence-electron chi connectivity index (χ1n) is 8.76. The monoisotopic (exact) mass is 348 g/mol. The van der Waals surface area contributed by atoms with Crippen molar-refractivity contribution in [3.8, 4) is 11.5 Å². The van der Waals surface area contributed by atoms with Gasteiger partial charge in [-0.1, -0.05) is 19.4 Å². The number of hydrazine groups is 1. The maximum atomic E-state index is 12.6. The third-order valence-corrected chi connectivity index (χ3v) is 4.27. The number of hydrogen-bond acceptors (Lipinski definition) is 5. The average molecular weight is 348 g/mol. The van der Waals surface area contributed by atoms with Gasteiger partial charge in [-0.25, -0.2) is 5.01 Å². The molecular weight excluding hydrogens is 324 g/mol. The summed E-state index contributed by atoms with van der Waals surface area (Å²) in [5.74, 6) is 1.09. The van der Waals surface area contributed by atoms with Gasteiger partial charge in [0.1, 0.15) is 6.61 Å². The van der Waals surface area contributed by atoms with Gasteiger partial charge in [-0.05, 0) is 30.5 Å². The molecule has 2 heterocycles. The lowest BCUT2D eigenvalue weighted by Gasteiger charge is -2.28. The molecular formula is C18H24N2O5. The third kappa shape index (κ3) is 4.22. The van der Waals surface area contributed by atoms with E-state index in [-0.39, 0.29) is 31.6 Å². The second kappa shape index (κ2) is 8.20. The molecule has 0 radical (unpaired) electrons. The van der Waals surface area contributed by atoms with Gasteiger partial charge in [-0.3, -0.25) is 14.6 Å². The number of carbonyl (C=O) groups is 2. The molecule has 2 aliphatic rings. The van der Waals surface area contributed by atoms with Gasteiger partial charge in [-0.2, -0.15) is 0 Å². The van der Waals surface area contributed by atoms with Gasteiger partial charge in [0.2, 0.25) is 12.7 Å². The molecule has 0 saturated carbocycles. The van der Waals surface area contributed by atoms with Crippen molar-refractivity contribution < 1.29 is 23.8 Å². The highest BCUT2D eigenvalue weighted by molar-refractivity contribution is 5.84. The van der Waals surface area contributed by atoms with E-state index in [0.29, 0.717) is 31.2 Å². The highest BCUT2D eigenvalue weighted by Crippen LogP contribution is 2.32. The first kappa shape index (κ1) is 17.5. The van der Waals surface area contributed by atoms with Crippen LogP contribution in [0, 0.1) is 0 Å². The fourth-order valence-electron chi connectivity index (χ4n) is 2.93. The van der Waals surface area contributed by atoms with E-state index in [4.69, 9.17) is 14.2 Å². The van der Waals surface area contributed by atoms with Crippen LogP contribution in [0.5, 0.6) is 11.5 Å². The van der Waals surface area contributed by atoms with E-state index in [1.807, 2.05) is 12.1 Å². The second-order valence-electron chi connectivity index (χ2n) is 6.16. The molecule has 1 aromatic rings. The Morgan fingerprint density at radius 1 is 1.12 bits per heavy atom. The molecule has 1 aromatic carbocycles. The molecule has 0 N–H and O–H groups in total. The van der Waals surface area contributed by atoms with Crippen LogP contribution in [0.1, 0.15) is 31.7 Å². The fraction of sp³-hybridized carbons (Fsp3) is 0.556. The van der Waals surface area contributed by atoms with E-state index >= 15 is 0 Å². The van der Waals surface area contributed by atoms with Crippen LogP contribution in [-0.2, 0) is 20.7 Å². The van der Waals surface area contributed by atoms with Crippen LogP contribution in [0.25, 0.3) is 0 Å². The predicted molar refractivity (Wildman–Crippen MR) is 90.0 cm³/mol. The molecule has 25 heavy (non-hydrogen) atoms. The summed E-state index contributed by atoms with van der Waals surface area (Å²) >= 11 is 0. The van der Waals surface area contributed by atoms with Crippen LogP contribution < -0.4 is 9.47 Å². The first-order valence-corrected chi connectivity index (χ1v) is 8.76. The van der Waals surface area contributed by atoms with Crippen molar-refractivity contribution in [3.05, 3.63) is 23.8 Å². The molecule has 7 heteroatoms. The van der Waals surface area contributed by atoms with Gasteiger partial charge in [-0.15, -0.1) is 0 Å². The lowest BCUT2D eigenvalue weighted by Crippen LogP contribution is -2.46. The highest BCUT2D eigenvalue weighted by atomic mass is 16.7. The Hall–Kier alpha value is -2.28. The molecule has 0 aromatic heterocycles. The molecule has 0 unspecified atom stereocenters.